The number of halogens is 1. The van der Waals surface area contributed by atoms with Gasteiger partial charge in [0.25, 0.3) is 0 Å². The molecule has 29 heavy (non-hydrogen) atoms. The molecule has 0 aliphatic carbocycles. The van der Waals surface area contributed by atoms with Crippen LogP contribution in [0.3, 0.4) is 0 Å². The minimum atomic E-state index is -0.629. The van der Waals surface area contributed by atoms with Crippen molar-refractivity contribution in [2.45, 2.75) is 0 Å². The lowest BCUT2D eigenvalue weighted by atomic mass is 10.1. The van der Waals surface area contributed by atoms with Crippen molar-refractivity contribution in [3.8, 4) is 11.5 Å². The molecular weight excluding hydrogens is 456 g/mol. The Morgan fingerprint density at radius 3 is 2.83 bits per heavy atom. The average Bonchev–Trinajstić information content (AvgIpc) is 3.42. The summed E-state index contributed by atoms with van der Waals surface area (Å²) in [6.07, 6.45) is 1.70. The molecule has 4 aromatic rings. The summed E-state index contributed by atoms with van der Waals surface area (Å²) in [5.74, 6) is 0.130. The van der Waals surface area contributed by atoms with E-state index in [1.165, 1.54) is 17.4 Å². The number of hydrogen-bond donors (Lipinski definition) is 0. The molecule has 0 bridgehead atoms. The van der Waals surface area contributed by atoms with Crippen LogP contribution in [0.4, 0.5) is 0 Å². The summed E-state index contributed by atoms with van der Waals surface area (Å²) in [5.41, 5.74) is 1.02. The first-order valence-corrected chi connectivity index (χ1v) is 10.3. The van der Waals surface area contributed by atoms with Gasteiger partial charge < -0.3 is 13.9 Å². The molecule has 142 valence electrons. The Hall–Kier alpha value is -3.16. The number of esters is 1. The van der Waals surface area contributed by atoms with Crippen LogP contribution in [0.15, 0.2) is 74.6 Å². The van der Waals surface area contributed by atoms with Gasteiger partial charge in [-0.05, 0) is 47.8 Å². The molecule has 0 amide bonds. The molecule has 7 heteroatoms. The maximum absolute atomic E-state index is 12.5. The summed E-state index contributed by atoms with van der Waals surface area (Å²) in [4.78, 5) is 25.9. The van der Waals surface area contributed by atoms with Gasteiger partial charge in [0.15, 0.2) is 5.76 Å². The van der Waals surface area contributed by atoms with E-state index in [-0.39, 0.29) is 23.1 Å². The highest BCUT2D eigenvalue weighted by Crippen LogP contribution is 2.35. The van der Waals surface area contributed by atoms with Gasteiger partial charge in [0.1, 0.15) is 17.1 Å². The molecule has 0 radical (unpaired) electrons. The molecule has 0 saturated carbocycles. The first-order chi connectivity index (χ1) is 14.1. The number of ketones is 1. The quantitative estimate of drug-likeness (QED) is 0.207. The predicted molar refractivity (Wildman–Crippen MR) is 113 cm³/mol. The van der Waals surface area contributed by atoms with Crippen molar-refractivity contribution in [2.75, 3.05) is 0 Å². The smallest absolute Gasteiger partial charge is 0.379 e. The number of Topliss-reactive ketones (excluding diaryl/α,β-unsaturated/α-hetero) is 1. The lowest BCUT2D eigenvalue weighted by Gasteiger charge is -2.04. The minimum Gasteiger partial charge on any atom is -0.452 e. The van der Waals surface area contributed by atoms with Gasteiger partial charge in [-0.1, -0.05) is 22.0 Å². The molecule has 2 aromatic carbocycles. The van der Waals surface area contributed by atoms with Crippen LogP contribution in [-0.2, 0) is 0 Å². The highest BCUT2D eigenvalue weighted by molar-refractivity contribution is 9.10. The van der Waals surface area contributed by atoms with E-state index >= 15 is 0 Å². The van der Waals surface area contributed by atoms with Crippen LogP contribution in [0.25, 0.3) is 17.0 Å². The number of furan rings is 1. The molecule has 0 fully saturated rings. The Morgan fingerprint density at radius 1 is 1.10 bits per heavy atom. The van der Waals surface area contributed by atoms with E-state index in [1.807, 2.05) is 29.6 Å². The molecule has 0 saturated heterocycles. The summed E-state index contributed by atoms with van der Waals surface area (Å²) in [7, 11) is 0. The fraction of sp³-hybridized carbons (Fsp3) is 0. The second-order valence-corrected chi connectivity index (χ2v) is 8.19. The molecule has 2 aromatic heterocycles. The number of carbonyl (C=O) groups is 2. The first-order valence-electron chi connectivity index (χ1n) is 8.60. The second-order valence-electron chi connectivity index (χ2n) is 6.30. The fourth-order valence-electron chi connectivity index (χ4n) is 3.01. The molecule has 3 heterocycles. The summed E-state index contributed by atoms with van der Waals surface area (Å²) in [6, 6.07) is 15.6. The maximum atomic E-state index is 12.5. The zero-order chi connectivity index (χ0) is 20.0. The number of carbonyl (C=O) groups excluding carboxylic acids is 2. The largest absolute Gasteiger partial charge is 0.452 e. The number of hydrogen-bond acceptors (Lipinski definition) is 6. The van der Waals surface area contributed by atoms with Gasteiger partial charge in [-0.15, -0.1) is 11.3 Å². The Bertz CT molecular complexity index is 1300. The summed E-state index contributed by atoms with van der Waals surface area (Å²) in [5, 5.41) is 2.71. The number of ether oxygens (including phenoxy) is 2. The van der Waals surface area contributed by atoms with Crippen LogP contribution >= 0.6 is 27.3 Å². The molecule has 0 N–H and O–H groups in total. The van der Waals surface area contributed by atoms with Crippen LogP contribution in [0, 0.1) is 0 Å². The standard InChI is InChI=1S/C22H11BrO5S/c23-13-3-6-17-12(8-13)9-20(27-17)22(25)26-14-4-5-16-18(10-14)28-19(21(16)24)11-15-2-1-7-29-15/h1-11H/b19-11-. The Morgan fingerprint density at radius 2 is 2.00 bits per heavy atom. The van der Waals surface area contributed by atoms with Crippen molar-refractivity contribution in [2.24, 2.45) is 0 Å². The molecule has 0 atom stereocenters. The molecular formula is C22H11BrO5S. The van der Waals surface area contributed by atoms with Crippen molar-refractivity contribution in [3.05, 3.63) is 86.4 Å². The number of rotatable bonds is 3. The first kappa shape index (κ1) is 17.9. The molecule has 0 unspecified atom stereocenters. The maximum Gasteiger partial charge on any atom is 0.379 e. The van der Waals surface area contributed by atoms with E-state index in [2.05, 4.69) is 15.9 Å². The van der Waals surface area contributed by atoms with Gasteiger partial charge in [-0.3, -0.25) is 4.79 Å². The SMILES string of the molecule is O=C(Oc1ccc2c(c1)O/C(=C\c1cccs1)C2=O)c1cc2cc(Br)ccc2o1. The van der Waals surface area contributed by atoms with Crippen LogP contribution in [0.5, 0.6) is 11.5 Å². The van der Waals surface area contributed by atoms with E-state index in [4.69, 9.17) is 13.9 Å². The highest BCUT2D eigenvalue weighted by Gasteiger charge is 2.28. The lowest BCUT2D eigenvalue weighted by molar-refractivity contribution is 0.0703. The lowest BCUT2D eigenvalue weighted by Crippen LogP contribution is -2.07. The third-order valence-electron chi connectivity index (χ3n) is 4.35. The number of fused-ring (bicyclic) bond motifs is 2. The van der Waals surface area contributed by atoms with E-state index in [9.17, 15) is 9.59 Å². The molecule has 5 nitrogen and oxygen atoms in total. The summed E-state index contributed by atoms with van der Waals surface area (Å²) >= 11 is 4.90. The van der Waals surface area contributed by atoms with Gasteiger partial charge >= 0.3 is 5.97 Å². The average molecular weight is 467 g/mol. The van der Waals surface area contributed by atoms with Crippen molar-refractivity contribution >= 4 is 56.1 Å². The third-order valence-corrected chi connectivity index (χ3v) is 5.66. The summed E-state index contributed by atoms with van der Waals surface area (Å²) < 4.78 is 17.5. The normalized spacial score (nSPS) is 14.2. The highest BCUT2D eigenvalue weighted by atomic mass is 79.9. The monoisotopic (exact) mass is 466 g/mol. The summed E-state index contributed by atoms with van der Waals surface area (Å²) in [6.45, 7) is 0. The van der Waals surface area contributed by atoms with Gasteiger partial charge in [-0.25, -0.2) is 4.79 Å². The Labute approximate surface area is 177 Å². The van der Waals surface area contributed by atoms with Crippen molar-refractivity contribution < 1.29 is 23.5 Å². The Balaban J connectivity index is 1.38. The van der Waals surface area contributed by atoms with Gasteiger partial charge in [-0.2, -0.15) is 0 Å². The van der Waals surface area contributed by atoms with Crippen molar-refractivity contribution in [1.82, 2.24) is 0 Å². The van der Waals surface area contributed by atoms with Gasteiger partial charge in [0.2, 0.25) is 11.5 Å². The van der Waals surface area contributed by atoms with Crippen molar-refractivity contribution in [3.63, 3.8) is 0 Å². The second kappa shape index (κ2) is 7.02. The zero-order valence-corrected chi connectivity index (χ0v) is 17.1. The van der Waals surface area contributed by atoms with Crippen LogP contribution < -0.4 is 9.47 Å². The van der Waals surface area contributed by atoms with Gasteiger partial charge in [0, 0.05) is 26.9 Å². The van der Waals surface area contributed by atoms with E-state index in [0.29, 0.717) is 16.9 Å². The topological polar surface area (TPSA) is 65.7 Å². The molecule has 5 rings (SSSR count). The molecule has 0 spiro atoms. The van der Waals surface area contributed by atoms with E-state index < -0.39 is 5.97 Å². The van der Waals surface area contributed by atoms with Crippen molar-refractivity contribution in [1.29, 1.82) is 0 Å². The zero-order valence-electron chi connectivity index (χ0n) is 14.7. The fourth-order valence-corrected chi connectivity index (χ4v) is 4.03. The van der Waals surface area contributed by atoms with E-state index in [1.54, 1.807) is 30.3 Å². The predicted octanol–water partition coefficient (Wildman–Crippen LogP) is 6.09. The van der Waals surface area contributed by atoms with E-state index in [0.717, 1.165) is 14.7 Å². The number of allylic oxidation sites excluding steroid dienone is 1. The minimum absolute atomic E-state index is 0.0915. The molecule has 1 aliphatic heterocycles. The van der Waals surface area contributed by atoms with Gasteiger partial charge in [0.05, 0.1) is 5.56 Å². The number of benzene rings is 2. The Kier molecular flexibility index (Phi) is 4.34. The molecule has 1 aliphatic rings. The van der Waals surface area contributed by atoms with Crippen LogP contribution in [0.1, 0.15) is 25.8 Å². The third kappa shape index (κ3) is 3.39. The number of thiophene rings is 1. The van der Waals surface area contributed by atoms with Crippen LogP contribution in [-0.4, -0.2) is 11.8 Å². The van der Waals surface area contributed by atoms with Crippen LogP contribution in [0.2, 0.25) is 0 Å².